The second-order valence-corrected chi connectivity index (χ2v) is 7.45. The van der Waals surface area contributed by atoms with Gasteiger partial charge < -0.3 is 9.30 Å². The van der Waals surface area contributed by atoms with Gasteiger partial charge in [-0.3, -0.25) is 9.59 Å². The Hall–Kier alpha value is -2.94. The molecule has 9 heteroatoms. The second kappa shape index (κ2) is 7.82. The maximum Gasteiger partial charge on any atom is 0.416 e. The van der Waals surface area contributed by atoms with Gasteiger partial charge in [-0.25, -0.2) is 0 Å². The zero-order chi connectivity index (χ0) is 21.3. The van der Waals surface area contributed by atoms with E-state index in [1.807, 2.05) is 26.0 Å². The van der Waals surface area contributed by atoms with Crippen LogP contribution in [0.25, 0.3) is 10.2 Å². The summed E-state index contributed by atoms with van der Waals surface area (Å²) in [4.78, 5) is 28.7. The van der Waals surface area contributed by atoms with Gasteiger partial charge in [0.05, 0.1) is 22.9 Å². The van der Waals surface area contributed by atoms with Crippen LogP contribution in [-0.4, -0.2) is 23.6 Å². The molecular formula is C20H17F3N2O3S. The van der Waals surface area contributed by atoms with Crippen molar-refractivity contribution in [2.45, 2.75) is 26.6 Å². The lowest BCUT2D eigenvalue weighted by Crippen LogP contribution is -2.22. The fraction of sp³-hybridized carbons (Fsp3) is 0.250. The van der Waals surface area contributed by atoms with E-state index in [0.717, 1.165) is 45.6 Å². The lowest BCUT2D eigenvalue weighted by molar-refractivity contribution is -0.141. The minimum absolute atomic E-state index is 0.0213. The van der Waals surface area contributed by atoms with Crippen LogP contribution in [0, 0.1) is 13.8 Å². The molecule has 1 heterocycles. The fourth-order valence-corrected chi connectivity index (χ4v) is 3.98. The van der Waals surface area contributed by atoms with Crippen molar-refractivity contribution >= 4 is 33.4 Å². The van der Waals surface area contributed by atoms with E-state index in [2.05, 4.69) is 4.99 Å². The molecular weight excluding hydrogens is 405 g/mol. The number of aromatic nitrogens is 1. The van der Waals surface area contributed by atoms with Gasteiger partial charge in [-0.15, -0.1) is 0 Å². The fourth-order valence-electron chi connectivity index (χ4n) is 2.90. The summed E-state index contributed by atoms with van der Waals surface area (Å²) in [6, 6.07) is 7.70. The van der Waals surface area contributed by atoms with Gasteiger partial charge in [0.15, 0.2) is 4.80 Å². The van der Waals surface area contributed by atoms with Gasteiger partial charge in [0.2, 0.25) is 0 Å². The number of hydrogen-bond donors (Lipinski definition) is 0. The first kappa shape index (κ1) is 20.8. The van der Waals surface area contributed by atoms with Gasteiger partial charge >= 0.3 is 12.1 Å². The van der Waals surface area contributed by atoms with Crippen molar-refractivity contribution in [2.75, 3.05) is 7.11 Å². The number of carbonyl (C=O) groups excluding carboxylic acids is 2. The SMILES string of the molecule is COC(=O)Cn1c(=NC(=O)c2ccc(C(F)(F)F)cc2)sc2c(C)cc(C)cc21. The third kappa shape index (κ3) is 4.40. The van der Waals surface area contributed by atoms with Gasteiger partial charge in [-0.2, -0.15) is 18.2 Å². The minimum atomic E-state index is -4.48. The first-order chi connectivity index (χ1) is 13.6. The number of aryl methyl sites for hydroxylation is 2. The molecule has 0 N–H and O–H groups in total. The maximum atomic E-state index is 12.7. The predicted octanol–water partition coefficient (Wildman–Crippen LogP) is 4.25. The van der Waals surface area contributed by atoms with E-state index < -0.39 is 23.6 Å². The molecule has 0 aliphatic rings. The monoisotopic (exact) mass is 422 g/mol. The minimum Gasteiger partial charge on any atom is -0.468 e. The van der Waals surface area contributed by atoms with Gasteiger partial charge in [0.1, 0.15) is 6.54 Å². The van der Waals surface area contributed by atoms with Crippen molar-refractivity contribution in [3.05, 3.63) is 63.5 Å². The van der Waals surface area contributed by atoms with E-state index in [1.165, 1.54) is 18.4 Å². The molecule has 0 aliphatic carbocycles. The van der Waals surface area contributed by atoms with Crippen molar-refractivity contribution in [3.63, 3.8) is 0 Å². The lowest BCUT2D eigenvalue weighted by atomic mass is 10.1. The third-order valence-corrected chi connectivity index (χ3v) is 5.52. The summed E-state index contributed by atoms with van der Waals surface area (Å²) in [5.74, 6) is -1.20. The van der Waals surface area contributed by atoms with Crippen molar-refractivity contribution < 1.29 is 27.5 Å². The maximum absolute atomic E-state index is 12.7. The Morgan fingerprint density at radius 3 is 2.38 bits per heavy atom. The zero-order valence-electron chi connectivity index (χ0n) is 15.8. The molecule has 0 bridgehead atoms. The highest BCUT2D eigenvalue weighted by atomic mass is 32.1. The molecule has 0 radical (unpaired) electrons. The number of methoxy groups -OCH3 is 1. The molecule has 29 heavy (non-hydrogen) atoms. The molecule has 5 nitrogen and oxygen atoms in total. The number of carbonyl (C=O) groups is 2. The van der Waals surface area contributed by atoms with Crippen LogP contribution >= 0.6 is 11.3 Å². The molecule has 0 unspecified atom stereocenters. The quantitative estimate of drug-likeness (QED) is 0.593. The second-order valence-electron chi connectivity index (χ2n) is 6.47. The Balaban J connectivity index is 2.11. The van der Waals surface area contributed by atoms with Crippen molar-refractivity contribution in [1.82, 2.24) is 4.57 Å². The number of rotatable bonds is 3. The van der Waals surface area contributed by atoms with Crippen LogP contribution in [-0.2, 0) is 22.3 Å². The molecule has 1 aromatic heterocycles. The Kier molecular flexibility index (Phi) is 5.61. The summed E-state index contributed by atoms with van der Waals surface area (Å²) in [6.07, 6.45) is -4.48. The van der Waals surface area contributed by atoms with Gasteiger partial charge in [0.25, 0.3) is 5.91 Å². The number of nitrogens with zero attached hydrogens (tertiary/aromatic N) is 2. The van der Waals surface area contributed by atoms with Crippen LogP contribution in [0.3, 0.4) is 0 Å². The van der Waals surface area contributed by atoms with Crippen molar-refractivity contribution in [1.29, 1.82) is 0 Å². The standard InChI is InChI=1S/C20H17F3N2O3S/c1-11-8-12(2)17-15(9-11)25(10-16(26)28-3)19(29-17)24-18(27)13-4-6-14(7-5-13)20(21,22)23/h4-9H,10H2,1-3H3. The molecule has 0 saturated carbocycles. The van der Waals surface area contributed by atoms with E-state index in [9.17, 15) is 22.8 Å². The lowest BCUT2D eigenvalue weighted by Gasteiger charge is -2.06. The Morgan fingerprint density at radius 2 is 1.79 bits per heavy atom. The third-order valence-electron chi connectivity index (χ3n) is 4.29. The largest absolute Gasteiger partial charge is 0.468 e. The smallest absolute Gasteiger partial charge is 0.416 e. The normalized spacial score (nSPS) is 12.4. The highest BCUT2D eigenvalue weighted by Crippen LogP contribution is 2.29. The molecule has 152 valence electrons. The summed E-state index contributed by atoms with van der Waals surface area (Å²) in [6.45, 7) is 3.69. The van der Waals surface area contributed by atoms with Gasteiger partial charge in [0, 0.05) is 5.56 Å². The summed E-state index contributed by atoms with van der Waals surface area (Å²) in [5.41, 5.74) is 1.85. The summed E-state index contributed by atoms with van der Waals surface area (Å²) >= 11 is 1.23. The summed E-state index contributed by atoms with van der Waals surface area (Å²) < 4.78 is 45.3. The number of amides is 1. The Bertz CT molecular complexity index is 1160. The number of benzene rings is 2. The predicted molar refractivity (Wildman–Crippen MR) is 103 cm³/mol. The zero-order valence-corrected chi connectivity index (χ0v) is 16.6. The van der Waals surface area contributed by atoms with E-state index in [0.29, 0.717) is 0 Å². The first-order valence-corrected chi connectivity index (χ1v) is 9.35. The van der Waals surface area contributed by atoms with E-state index >= 15 is 0 Å². The van der Waals surface area contributed by atoms with Crippen LogP contribution < -0.4 is 4.80 Å². The van der Waals surface area contributed by atoms with Crippen LogP contribution in [0.15, 0.2) is 41.4 Å². The average Bonchev–Trinajstić information content (AvgIpc) is 2.98. The summed E-state index contributed by atoms with van der Waals surface area (Å²) in [7, 11) is 1.26. The van der Waals surface area contributed by atoms with Crippen LogP contribution in [0.1, 0.15) is 27.0 Å². The number of thiazole rings is 1. The molecule has 0 fully saturated rings. The van der Waals surface area contributed by atoms with Crippen molar-refractivity contribution in [3.8, 4) is 0 Å². The van der Waals surface area contributed by atoms with E-state index in [-0.39, 0.29) is 16.9 Å². The van der Waals surface area contributed by atoms with Gasteiger partial charge in [-0.05, 0) is 55.3 Å². The number of ether oxygens (including phenoxy) is 1. The van der Waals surface area contributed by atoms with Gasteiger partial charge in [-0.1, -0.05) is 17.4 Å². The molecule has 1 amide bonds. The molecule has 2 aromatic carbocycles. The number of hydrogen-bond acceptors (Lipinski definition) is 4. The molecule has 3 aromatic rings. The van der Waals surface area contributed by atoms with Crippen LogP contribution in [0.2, 0.25) is 0 Å². The number of esters is 1. The number of fused-ring (bicyclic) bond motifs is 1. The number of alkyl halides is 3. The molecule has 0 aliphatic heterocycles. The first-order valence-electron chi connectivity index (χ1n) is 8.54. The molecule has 0 spiro atoms. The van der Waals surface area contributed by atoms with E-state index in [4.69, 9.17) is 4.74 Å². The average molecular weight is 422 g/mol. The highest BCUT2D eigenvalue weighted by Gasteiger charge is 2.30. The highest BCUT2D eigenvalue weighted by molar-refractivity contribution is 7.16. The van der Waals surface area contributed by atoms with Crippen LogP contribution in [0.4, 0.5) is 13.2 Å². The topological polar surface area (TPSA) is 60.7 Å². The summed E-state index contributed by atoms with van der Waals surface area (Å²) in [5, 5.41) is 0. The Morgan fingerprint density at radius 1 is 1.14 bits per heavy atom. The Labute approximate surface area is 168 Å². The molecule has 3 rings (SSSR count). The molecule has 0 atom stereocenters. The van der Waals surface area contributed by atoms with Crippen LogP contribution in [0.5, 0.6) is 0 Å². The van der Waals surface area contributed by atoms with E-state index in [1.54, 1.807) is 4.57 Å². The number of halogens is 3. The molecule has 0 saturated heterocycles. The van der Waals surface area contributed by atoms with Crippen molar-refractivity contribution in [2.24, 2.45) is 4.99 Å².